The average Bonchev–Trinajstić information content (AvgIpc) is 2.79. The fraction of sp³-hybridized carbons (Fsp3) is 0.818. The minimum Gasteiger partial charge on any atom is -0.376 e. The van der Waals surface area contributed by atoms with Crippen molar-refractivity contribution >= 4 is 11.8 Å². The van der Waals surface area contributed by atoms with Crippen LogP contribution in [0.15, 0.2) is 6.20 Å². The third-order valence-electron chi connectivity index (χ3n) is 2.79. The van der Waals surface area contributed by atoms with Crippen LogP contribution in [0, 0.1) is 0 Å². The zero-order chi connectivity index (χ0) is 11.9. The summed E-state index contributed by atoms with van der Waals surface area (Å²) in [5.41, 5.74) is 0.974. The largest absolute Gasteiger partial charge is 0.376 e. The second kappa shape index (κ2) is 6.98. The van der Waals surface area contributed by atoms with E-state index >= 15 is 0 Å². The van der Waals surface area contributed by atoms with Gasteiger partial charge in [-0.1, -0.05) is 5.21 Å². The Morgan fingerprint density at radius 1 is 1.53 bits per heavy atom. The van der Waals surface area contributed by atoms with Gasteiger partial charge in [0.1, 0.15) is 0 Å². The molecular formula is C11H20N4OS. The highest BCUT2D eigenvalue weighted by atomic mass is 32.2. The number of ether oxygens (including phenoxy) is 1. The topological polar surface area (TPSA) is 52.0 Å². The van der Waals surface area contributed by atoms with Crippen molar-refractivity contribution in [3.63, 3.8) is 0 Å². The van der Waals surface area contributed by atoms with Gasteiger partial charge in [-0.15, -0.1) is 5.10 Å². The summed E-state index contributed by atoms with van der Waals surface area (Å²) >= 11 is 2.02. The van der Waals surface area contributed by atoms with Gasteiger partial charge >= 0.3 is 0 Å². The molecule has 17 heavy (non-hydrogen) atoms. The van der Waals surface area contributed by atoms with Crippen LogP contribution in [0.2, 0.25) is 0 Å². The highest BCUT2D eigenvalue weighted by Crippen LogP contribution is 2.19. The van der Waals surface area contributed by atoms with Crippen molar-refractivity contribution in [1.82, 2.24) is 20.3 Å². The van der Waals surface area contributed by atoms with Crippen LogP contribution < -0.4 is 5.32 Å². The molecule has 1 aliphatic heterocycles. The molecule has 0 aliphatic carbocycles. The van der Waals surface area contributed by atoms with Crippen molar-refractivity contribution in [2.45, 2.75) is 32.0 Å². The predicted octanol–water partition coefficient (Wildman–Crippen LogP) is 0.910. The first-order valence-electron chi connectivity index (χ1n) is 6.11. The number of thioether (sulfide) groups is 1. The first-order valence-corrected chi connectivity index (χ1v) is 7.27. The highest BCUT2D eigenvalue weighted by Gasteiger charge is 2.13. The van der Waals surface area contributed by atoms with E-state index in [2.05, 4.69) is 15.6 Å². The van der Waals surface area contributed by atoms with E-state index in [1.54, 1.807) is 0 Å². The summed E-state index contributed by atoms with van der Waals surface area (Å²) in [6, 6.07) is 0. The van der Waals surface area contributed by atoms with Gasteiger partial charge in [-0.25, -0.2) is 4.68 Å². The third-order valence-corrected chi connectivity index (χ3v) is 3.84. The molecule has 0 radical (unpaired) electrons. The number of hydrogen-bond donors (Lipinski definition) is 1. The SMILES string of the molecule is CNCc1cn(CCOC2CCSCC2)nn1. The quantitative estimate of drug-likeness (QED) is 0.820. The lowest BCUT2D eigenvalue weighted by Crippen LogP contribution is -2.21. The van der Waals surface area contributed by atoms with Gasteiger partial charge in [0.05, 0.1) is 24.9 Å². The minimum absolute atomic E-state index is 0.455. The van der Waals surface area contributed by atoms with Crippen molar-refractivity contribution in [3.05, 3.63) is 11.9 Å². The average molecular weight is 256 g/mol. The van der Waals surface area contributed by atoms with Gasteiger partial charge in [0.2, 0.25) is 0 Å². The van der Waals surface area contributed by atoms with E-state index in [-0.39, 0.29) is 0 Å². The Bertz CT molecular complexity index is 325. The molecule has 1 aliphatic rings. The van der Waals surface area contributed by atoms with Crippen molar-refractivity contribution in [3.8, 4) is 0 Å². The van der Waals surface area contributed by atoms with Crippen LogP contribution in [0.4, 0.5) is 0 Å². The Labute approximate surface area is 106 Å². The molecule has 0 aromatic carbocycles. The molecule has 1 aromatic rings. The molecule has 5 nitrogen and oxygen atoms in total. The van der Waals surface area contributed by atoms with Gasteiger partial charge < -0.3 is 10.1 Å². The van der Waals surface area contributed by atoms with Crippen molar-refractivity contribution in [2.24, 2.45) is 0 Å². The van der Waals surface area contributed by atoms with E-state index in [0.29, 0.717) is 6.10 Å². The Morgan fingerprint density at radius 3 is 3.12 bits per heavy atom. The summed E-state index contributed by atoms with van der Waals surface area (Å²) in [5.74, 6) is 2.47. The van der Waals surface area contributed by atoms with Crippen LogP contribution in [-0.4, -0.2) is 46.3 Å². The van der Waals surface area contributed by atoms with E-state index in [1.165, 1.54) is 24.3 Å². The molecule has 2 rings (SSSR count). The van der Waals surface area contributed by atoms with Gasteiger partial charge in [-0.3, -0.25) is 0 Å². The molecule has 96 valence electrons. The van der Waals surface area contributed by atoms with Crippen molar-refractivity contribution in [1.29, 1.82) is 0 Å². The Kier molecular flexibility index (Phi) is 5.28. The number of aromatic nitrogens is 3. The Balaban J connectivity index is 1.66. The summed E-state index contributed by atoms with van der Waals surface area (Å²) in [7, 11) is 1.91. The number of rotatable bonds is 6. The molecule has 0 spiro atoms. The minimum atomic E-state index is 0.455. The van der Waals surface area contributed by atoms with Crippen LogP contribution in [0.3, 0.4) is 0 Å². The molecule has 2 heterocycles. The van der Waals surface area contributed by atoms with E-state index in [1.807, 2.05) is 29.7 Å². The maximum atomic E-state index is 5.84. The summed E-state index contributed by atoms with van der Waals surface area (Å²) in [6.07, 6.45) is 4.80. The van der Waals surface area contributed by atoms with E-state index in [4.69, 9.17) is 4.74 Å². The smallest absolute Gasteiger partial charge is 0.0964 e. The maximum Gasteiger partial charge on any atom is 0.0964 e. The zero-order valence-electron chi connectivity index (χ0n) is 10.3. The van der Waals surface area contributed by atoms with Gasteiger partial charge in [0.25, 0.3) is 0 Å². The molecule has 1 fully saturated rings. The molecule has 1 aromatic heterocycles. The van der Waals surface area contributed by atoms with Crippen LogP contribution in [0.5, 0.6) is 0 Å². The van der Waals surface area contributed by atoms with Gasteiger partial charge in [-0.2, -0.15) is 11.8 Å². The molecule has 1 N–H and O–H groups in total. The fourth-order valence-corrected chi connectivity index (χ4v) is 2.93. The molecule has 0 atom stereocenters. The molecule has 0 bridgehead atoms. The van der Waals surface area contributed by atoms with E-state index in [9.17, 15) is 0 Å². The van der Waals surface area contributed by atoms with Gasteiger partial charge in [-0.05, 0) is 31.4 Å². The van der Waals surface area contributed by atoms with Crippen molar-refractivity contribution < 1.29 is 4.74 Å². The van der Waals surface area contributed by atoms with Crippen LogP contribution >= 0.6 is 11.8 Å². The van der Waals surface area contributed by atoms with Crippen LogP contribution in [0.25, 0.3) is 0 Å². The number of nitrogens with one attached hydrogen (secondary N) is 1. The van der Waals surface area contributed by atoms with Crippen LogP contribution in [-0.2, 0) is 17.8 Å². The number of nitrogens with zero attached hydrogens (tertiary/aromatic N) is 3. The summed E-state index contributed by atoms with van der Waals surface area (Å²) in [4.78, 5) is 0. The monoisotopic (exact) mass is 256 g/mol. The lowest BCUT2D eigenvalue weighted by Gasteiger charge is -2.21. The van der Waals surface area contributed by atoms with Gasteiger partial charge in [0.15, 0.2) is 0 Å². The molecule has 0 unspecified atom stereocenters. The Hall–Kier alpha value is -0.590. The standard InChI is InChI=1S/C11H20N4OS/c1-12-8-10-9-15(14-13-10)4-5-16-11-2-6-17-7-3-11/h9,11-12H,2-8H2,1H3. The fourth-order valence-electron chi connectivity index (χ4n) is 1.87. The lowest BCUT2D eigenvalue weighted by molar-refractivity contribution is 0.0413. The summed E-state index contributed by atoms with van der Waals surface area (Å²) in [5, 5.41) is 11.2. The molecule has 0 amide bonds. The van der Waals surface area contributed by atoms with Crippen LogP contribution in [0.1, 0.15) is 18.5 Å². The predicted molar refractivity (Wildman–Crippen MR) is 69.1 cm³/mol. The normalized spacial score (nSPS) is 17.5. The Morgan fingerprint density at radius 2 is 2.35 bits per heavy atom. The zero-order valence-corrected chi connectivity index (χ0v) is 11.1. The number of hydrogen-bond acceptors (Lipinski definition) is 5. The first kappa shape index (κ1) is 12.9. The maximum absolute atomic E-state index is 5.84. The summed E-state index contributed by atoms with van der Waals surface area (Å²) < 4.78 is 7.69. The first-order chi connectivity index (χ1) is 8.38. The molecule has 0 saturated carbocycles. The second-order valence-electron chi connectivity index (χ2n) is 4.19. The lowest BCUT2D eigenvalue weighted by atomic mass is 10.2. The van der Waals surface area contributed by atoms with Crippen molar-refractivity contribution in [2.75, 3.05) is 25.2 Å². The summed E-state index contributed by atoms with van der Waals surface area (Å²) in [6.45, 7) is 2.29. The van der Waals surface area contributed by atoms with Gasteiger partial charge in [0, 0.05) is 12.7 Å². The van der Waals surface area contributed by atoms with E-state index in [0.717, 1.165) is 25.4 Å². The van der Waals surface area contributed by atoms with E-state index < -0.39 is 0 Å². The highest BCUT2D eigenvalue weighted by molar-refractivity contribution is 7.99. The molecule has 6 heteroatoms. The molecular weight excluding hydrogens is 236 g/mol. The molecule has 1 saturated heterocycles. The third kappa shape index (κ3) is 4.29. The second-order valence-corrected chi connectivity index (χ2v) is 5.41.